The number of rotatable bonds is 10. The molecule has 3 N–H and O–H groups in total. The number of pyridine rings is 1. The van der Waals surface area contributed by atoms with Crippen molar-refractivity contribution in [2.45, 2.75) is 38.6 Å². The average Bonchev–Trinajstić information content (AvgIpc) is 3.81. The molecule has 2 aliphatic heterocycles. The molecule has 8 rings (SSSR count). The summed E-state index contributed by atoms with van der Waals surface area (Å²) in [6, 6.07) is 13.4. The van der Waals surface area contributed by atoms with Crippen molar-refractivity contribution in [3.63, 3.8) is 0 Å². The van der Waals surface area contributed by atoms with Crippen LogP contribution in [0.25, 0.3) is 10.9 Å². The van der Waals surface area contributed by atoms with E-state index in [1.165, 1.54) is 54.9 Å². The molecule has 0 saturated carbocycles. The summed E-state index contributed by atoms with van der Waals surface area (Å²) in [7, 11) is -1.87. The number of aryl methyl sites for hydroxylation is 1. The number of ether oxygens (including phenoxy) is 3. The van der Waals surface area contributed by atoms with Gasteiger partial charge in [0.25, 0.3) is 15.9 Å². The number of hydrogen-bond acceptors (Lipinski definition) is 16. The zero-order chi connectivity index (χ0) is 49.5. The fraction of sp³-hybridized carbons (Fsp3) is 0.256. The SMILES string of the molecule is C#CCN1C(=O)COc2cc(F)c(N=c3snc4n3CC(C)(C)C4)cc21.COc1nc(C)nc(N(C)C(=O)NS(=O)(=O)c2ccccc2C(=O)O)n1.O=C(O)COc1ccc(Cl)c2cccnc12. The number of anilines is 2. The van der Waals surface area contributed by atoms with E-state index in [4.69, 9.17) is 42.4 Å². The Hall–Kier alpha value is -7.75. The van der Waals surface area contributed by atoms with E-state index in [1.807, 2.05) is 4.57 Å². The number of methoxy groups -OCH3 is 1. The molecule has 3 aromatic carbocycles. The molecule has 25 heteroatoms. The minimum atomic E-state index is -4.44. The topological polar surface area (TPSA) is 271 Å². The quantitative estimate of drug-likeness (QED) is 0.152. The third kappa shape index (κ3) is 11.6. The summed E-state index contributed by atoms with van der Waals surface area (Å²) in [5.41, 5.74) is 0.779. The van der Waals surface area contributed by atoms with Crippen LogP contribution in [0.3, 0.4) is 0 Å². The predicted octanol–water partition coefficient (Wildman–Crippen LogP) is 5.03. The molecule has 0 bridgehead atoms. The van der Waals surface area contributed by atoms with Gasteiger partial charge in [0, 0.05) is 49.2 Å². The van der Waals surface area contributed by atoms with Crippen molar-refractivity contribution in [3.8, 4) is 29.9 Å². The maximum Gasteiger partial charge on any atom is 0.341 e. The minimum Gasteiger partial charge on any atom is -0.481 e. The number of aliphatic carboxylic acids is 1. The maximum atomic E-state index is 14.5. The van der Waals surface area contributed by atoms with Gasteiger partial charge in [0.05, 0.1) is 29.9 Å². The third-order valence-electron chi connectivity index (χ3n) is 9.60. The fourth-order valence-electron chi connectivity index (χ4n) is 6.51. The maximum absolute atomic E-state index is 14.5. The number of carboxylic acid groups (broad SMARTS) is 2. The van der Waals surface area contributed by atoms with Crippen molar-refractivity contribution in [2.24, 2.45) is 10.4 Å². The van der Waals surface area contributed by atoms with Crippen LogP contribution < -0.4 is 33.5 Å². The van der Waals surface area contributed by atoms with Crippen molar-refractivity contribution in [3.05, 3.63) is 99.7 Å². The summed E-state index contributed by atoms with van der Waals surface area (Å²) < 4.78 is 62.9. The number of urea groups is 1. The van der Waals surface area contributed by atoms with Crippen LogP contribution in [0.4, 0.5) is 26.5 Å². The third-order valence-corrected chi connectivity index (χ3v) is 12.1. The lowest BCUT2D eigenvalue weighted by Gasteiger charge is -2.28. The van der Waals surface area contributed by atoms with Crippen LogP contribution in [0.1, 0.15) is 35.9 Å². The molecule has 0 saturated heterocycles. The normalized spacial score (nSPS) is 13.6. The van der Waals surface area contributed by atoms with Gasteiger partial charge >= 0.3 is 24.0 Å². The zero-order valence-electron chi connectivity index (χ0n) is 36.6. The number of nitrogens with zero attached hydrogens (tertiary/aromatic N) is 9. The molecule has 21 nitrogen and oxygen atoms in total. The molecule has 2 aliphatic rings. The van der Waals surface area contributed by atoms with Gasteiger partial charge in [0.1, 0.15) is 39.2 Å². The molecule has 0 atom stereocenters. The average molecular weight is 991 g/mol. The second-order valence-electron chi connectivity index (χ2n) is 15.2. The van der Waals surface area contributed by atoms with Crippen LogP contribution in [0.2, 0.25) is 5.02 Å². The Morgan fingerprint density at radius 1 is 1.12 bits per heavy atom. The standard InChI is InChI=1S/C18H17FN4O2S.C14H15N5O6S.C11H8ClNO3/c1-4-5-22-13-7-12(11(19)6-14(13)25-9-16(22)24)20-17-23-10-18(2,3)8-15(23)21-26-17;1-8-15-12(17-13(16-8)25-3)19(2)14(22)18-26(23,24)10-7-5-4-6-9(10)11(20)21;12-8-3-4-9(16-6-10(14)15)11-7(8)2-1-5-13-11/h1,6-7H,5,8-10H2,2-3H3;4-7H,1-3H3,(H,18,22)(H,20,21);1-5H,6H2,(H,14,15). The number of nitrogens with one attached hydrogen (secondary N) is 1. The highest BCUT2D eigenvalue weighted by Gasteiger charge is 2.32. The van der Waals surface area contributed by atoms with E-state index in [0.29, 0.717) is 32.5 Å². The molecular formula is C43H40ClFN10O11S2. The number of carboxylic acids is 2. The lowest BCUT2D eigenvalue weighted by molar-refractivity contribution is -0.139. The molecule has 0 radical (unpaired) electrons. The molecular weight excluding hydrogens is 951 g/mol. The number of hydrogen-bond donors (Lipinski definition) is 3. The number of benzene rings is 3. The van der Waals surface area contributed by atoms with Crippen LogP contribution in [-0.2, 0) is 32.6 Å². The van der Waals surface area contributed by atoms with Crippen LogP contribution in [0.15, 0.2) is 76.7 Å². The van der Waals surface area contributed by atoms with Crippen molar-refractivity contribution in [1.82, 2.24) is 33.6 Å². The molecule has 0 unspecified atom stereocenters. The molecule has 0 aliphatic carbocycles. The van der Waals surface area contributed by atoms with Gasteiger partial charge < -0.3 is 29.0 Å². The number of carbonyl (C=O) groups excluding carboxylic acids is 2. The van der Waals surface area contributed by atoms with Gasteiger partial charge in [-0.15, -0.1) is 6.42 Å². The zero-order valence-corrected chi connectivity index (χ0v) is 39.0. The lowest BCUT2D eigenvalue weighted by atomic mass is 9.92. The van der Waals surface area contributed by atoms with E-state index >= 15 is 0 Å². The summed E-state index contributed by atoms with van der Waals surface area (Å²) in [5, 5.41) is 18.9. The highest BCUT2D eigenvalue weighted by atomic mass is 35.5. The van der Waals surface area contributed by atoms with Crippen molar-refractivity contribution < 1.29 is 56.4 Å². The second kappa shape index (κ2) is 20.8. The predicted molar refractivity (Wildman–Crippen MR) is 244 cm³/mol. The first-order valence-corrected chi connectivity index (χ1v) is 22.4. The van der Waals surface area contributed by atoms with Crippen molar-refractivity contribution >= 4 is 85.3 Å². The number of aromatic nitrogens is 6. The number of halogens is 2. The van der Waals surface area contributed by atoms with E-state index < -0.39 is 50.9 Å². The number of amides is 3. The van der Waals surface area contributed by atoms with E-state index in [9.17, 15) is 32.0 Å². The van der Waals surface area contributed by atoms with Gasteiger partial charge in [-0.25, -0.2) is 36.9 Å². The Kier molecular flexibility index (Phi) is 15.2. The Morgan fingerprint density at radius 2 is 1.87 bits per heavy atom. The highest BCUT2D eigenvalue weighted by molar-refractivity contribution is 7.90. The van der Waals surface area contributed by atoms with Gasteiger partial charge in [-0.3, -0.25) is 19.6 Å². The molecule has 0 spiro atoms. The van der Waals surface area contributed by atoms with E-state index in [2.05, 4.69) is 49.1 Å². The molecule has 6 aromatic rings. The Balaban J connectivity index is 0.000000173. The van der Waals surface area contributed by atoms with Gasteiger partial charge in [0.2, 0.25) is 10.7 Å². The summed E-state index contributed by atoms with van der Waals surface area (Å²) >= 11 is 7.22. The van der Waals surface area contributed by atoms with Crippen LogP contribution in [0.5, 0.6) is 17.5 Å². The number of aromatic carboxylic acids is 1. The van der Waals surface area contributed by atoms with Crippen LogP contribution in [0, 0.1) is 30.5 Å². The summed E-state index contributed by atoms with van der Waals surface area (Å²) in [6.45, 7) is 6.20. The number of terminal acetylenes is 1. The minimum absolute atomic E-state index is 0.0498. The van der Waals surface area contributed by atoms with Gasteiger partial charge in [-0.05, 0) is 54.8 Å². The summed E-state index contributed by atoms with van der Waals surface area (Å²) in [6.07, 6.45) is 7.82. The van der Waals surface area contributed by atoms with Gasteiger partial charge in [-0.1, -0.05) is 43.5 Å². The van der Waals surface area contributed by atoms with Gasteiger partial charge in [-0.2, -0.15) is 19.3 Å². The molecule has 68 heavy (non-hydrogen) atoms. The first-order chi connectivity index (χ1) is 32.2. The van der Waals surface area contributed by atoms with Crippen LogP contribution in [-0.4, -0.2) is 105 Å². The number of fused-ring (bicyclic) bond motifs is 3. The largest absolute Gasteiger partial charge is 0.481 e. The molecule has 5 heterocycles. The summed E-state index contributed by atoms with van der Waals surface area (Å²) in [4.78, 5) is 68.5. The lowest BCUT2D eigenvalue weighted by Crippen LogP contribution is -2.42. The van der Waals surface area contributed by atoms with E-state index in [1.54, 1.807) is 42.1 Å². The van der Waals surface area contributed by atoms with E-state index in [0.717, 1.165) is 41.2 Å². The Morgan fingerprint density at radius 3 is 2.57 bits per heavy atom. The molecule has 354 valence electrons. The summed E-state index contributed by atoms with van der Waals surface area (Å²) in [5.74, 6) is 0.982. The Labute approximate surface area is 396 Å². The van der Waals surface area contributed by atoms with Gasteiger partial charge in [0.15, 0.2) is 19.0 Å². The monoisotopic (exact) mass is 990 g/mol. The number of carbonyl (C=O) groups is 4. The van der Waals surface area contributed by atoms with E-state index in [-0.39, 0.29) is 47.9 Å². The molecule has 3 aromatic heterocycles. The number of sulfonamides is 1. The Bertz CT molecular complexity index is 3180. The van der Waals surface area contributed by atoms with Crippen LogP contribution >= 0.6 is 23.1 Å². The second-order valence-corrected chi connectivity index (χ2v) is 18.0. The van der Waals surface area contributed by atoms with Crippen molar-refractivity contribution in [2.75, 3.05) is 43.7 Å². The first kappa shape index (κ1) is 49.7. The first-order valence-electron chi connectivity index (χ1n) is 19.8. The molecule has 3 amide bonds. The molecule has 0 fully saturated rings. The highest BCUT2D eigenvalue weighted by Crippen LogP contribution is 2.38. The fourth-order valence-corrected chi connectivity index (χ4v) is 8.66. The van der Waals surface area contributed by atoms with Crippen molar-refractivity contribution in [1.29, 1.82) is 0 Å². The smallest absolute Gasteiger partial charge is 0.341 e.